The summed E-state index contributed by atoms with van der Waals surface area (Å²) in [6.45, 7) is 4.15. The summed E-state index contributed by atoms with van der Waals surface area (Å²) in [6.07, 6.45) is 0. The molecule has 0 radical (unpaired) electrons. The predicted octanol–water partition coefficient (Wildman–Crippen LogP) is 5.23. The van der Waals surface area contributed by atoms with Crippen molar-refractivity contribution in [1.29, 1.82) is 0 Å². The Morgan fingerprint density at radius 3 is 1.44 bits per heavy atom. The Morgan fingerprint density at radius 2 is 1.11 bits per heavy atom. The molecule has 0 fully saturated rings. The fourth-order valence-electron chi connectivity index (χ4n) is 1.67. The van der Waals surface area contributed by atoms with Gasteiger partial charge < -0.3 is 0 Å². The Hall–Kier alpha value is -1.04. The molecule has 0 N–H and O–H groups in total. The number of aryl methyl sites for hydroxylation is 2. The van der Waals surface area contributed by atoms with E-state index in [1.807, 2.05) is 24.3 Å². The van der Waals surface area contributed by atoms with Gasteiger partial charge >= 0.3 is 0 Å². The molecule has 0 spiro atoms. The van der Waals surface area contributed by atoms with Crippen molar-refractivity contribution in [1.82, 2.24) is 0 Å². The summed E-state index contributed by atoms with van der Waals surface area (Å²) in [7, 11) is 0. The van der Waals surface area contributed by atoms with Crippen LogP contribution in [0.2, 0.25) is 0 Å². The first-order valence-electron chi connectivity index (χ1n) is 5.60. The lowest BCUT2D eigenvalue weighted by Crippen LogP contribution is -1.84. The summed E-state index contributed by atoms with van der Waals surface area (Å²) in [4.78, 5) is 0. The Bertz CT molecular complexity index is 590. The van der Waals surface area contributed by atoms with Crippen LogP contribution in [0, 0.1) is 25.7 Å². The molecule has 2 rings (SSSR count). The van der Waals surface area contributed by atoms with Crippen molar-refractivity contribution in [2.24, 2.45) is 0 Å². The Balaban J connectivity index is 2.37. The van der Waals surface area contributed by atoms with Crippen molar-refractivity contribution in [2.75, 3.05) is 0 Å². The minimum Gasteiger partial charge on any atom is -0.0614 e. The van der Waals surface area contributed by atoms with Crippen molar-refractivity contribution in [2.45, 2.75) is 13.8 Å². The van der Waals surface area contributed by atoms with Gasteiger partial charge in [0.15, 0.2) is 0 Å². The largest absolute Gasteiger partial charge is 0.0614 e. The van der Waals surface area contributed by atoms with Gasteiger partial charge in [-0.15, -0.1) is 0 Å². The van der Waals surface area contributed by atoms with Gasteiger partial charge in [-0.25, -0.2) is 0 Å². The quantitative estimate of drug-likeness (QED) is 0.562. The summed E-state index contributed by atoms with van der Waals surface area (Å²) in [6, 6.07) is 12.3. The Labute approximate surface area is 125 Å². The van der Waals surface area contributed by atoms with E-state index in [-0.39, 0.29) is 0 Å². The standard InChI is InChI=1S/C16H12Br2/c1-11-9-15(17)7-5-13(11)3-4-14-6-8-16(18)10-12(14)2/h5-10H,1-2H3. The highest BCUT2D eigenvalue weighted by molar-refractivity contribution is 9.10. The van der Waals surface area contributed by atoms with Crippen LogP contribution in [0.5, 0.6) is 0 Å². The van der Waals surface area contributed by atoms with Crippen molar-refractivity contribution in [3.05, 3.63) is 67.6 Å². The number of rotatable bonds is 0. The van der Waals surface area contributed by atoms with Gasteiger partial charge in [0.25, 0.3) is 0 Å². The number of benzene rings is 2. The van der Waals surface area contributed by atoms with E-state index in [1.54, 1.807) is 0 Å². The third kappa shape index (κ3) is 3.25. The lowest BCUT2D eigenvalue weighted by atomic mass is 10.1. The van der Waals surface area contributed by atoms with E-state index in [9.17, 15) is 0 Å². The molecule has 90 valence electrons. The van der Waals surface area contributed by atoms with E-state index >= 15 is 0 Å². The maximum atomic E-state index is 3.46. The topological polar surface area (TPSA) is 0 Å². The van der Waals surface area contributed by atoms with Crippen LogP contribution in [0.4, 0.5) is 0 Å². The Morgan fingerprint density at radius 1 is 0.722 bits per heavy atom. The van der Waals surface area contributed by atoms with E-state index in [1.165, 1.54) is 11.1 Å². The third-order valence-electron chi connectivity index (χ3n) is 2.71. The van der Waals surface area contributed by atoms with E-state index in [0.29, 0.717) is 0 Å². The molecule has 2 aromatic carbocycles. The summed E-state index contributed by atoms with van der Waals surface area (Å²) in [5, 5.41) is 0. The highest BCUT2D eigenvalue weighted by Gasteiger charge is 1.97. The number of hydrogen-bond acceptors (Lipinski definition) is 0. The van der Waals surface area contributed by atoms with Crippen molar-refractivity contribution in [3.63, 3.8) is 0 Å². The normalized spacial score (nSPS) is 9.78. The van der Waals surface area contributed by atoms with Crippen LogP contribution in [-0.4, -0.2) is 0 Å². The second-order valence-electron chi connectivity index (χ2n) is 4.17. The highest BCUT2D eigenvalue weighted by Crippen LogP contribution is 2.17. The van der Waals surface area contributed by atoms with Crippen LogP contribution in [0.1, 0.15) is 22.3 Å². The van der Waals surface area contributed by atoms with Crippen molar-refractivity contribution in [3.8, 4) is 11.8 Å². The maximum Gasteiger partial charge on any atom is 0.0279 e. The molecule has 0 unspecified atom stereocenters. The zero-order valence-electron chi connectivity index (χ0n) is 10.2. The molecule has 0 aliphatic carbocycles. The molecular weight excluding hydrogens is 352 g/mol. The lowest BCUT2D eigenvalue weighted by molar-refractivity contribution is 1.40. The van der Waals surface area contributed by atoms with Gasteiger partial charge in [-0.05, 0) is 61.4 Å². The molecular formula is C16H12Br2. The molecule has 0 aromatic heterocycles. The second-order valence-corrected chi connectivity index (χ2v) is 6.00. The number of hydrogen-bond donors (Lipinski definition) is 0. The molecule has 18 heavy (non-hydrogen) atoms. The summed E-state index contributed by atoms with van der Waals surface area (Å²) in [5.41, 5.74) is 4.51. The smallest absolute Gasteiger partial charge is 0.0279 e. The molecule has 0 atom stereocenters. The monoisotopic (exact) mass is 362 g/mol. The van der Waals surface area contributed by atoms with Gasteiger partial charge in [0, 0.05) is 20.1 Å². The molecule has 0 aliphatic rings. The Kier molecular flexibility index (Phi) is 4.27. The van der Waals surface area contributed by atoms with Crippen LogP contribution in [-0.2, 0) is 0 Å². The summed E-state index contributed by atoms with van der Waals surface area (Å²) >= 11 is 6.92. The van der Waals surface area contributed by atoms with Crippen LogP contribution >= 0.6 is 31.9 Å². The van der Waals surface area contributed by atoms with E-state index < -0.39 is 0 Å². The SMILES string of the molecule is Cc1cc(Br)ccc1C#Cc1ccc(Br)cc1C. The van der Waals surface area contributed by atoms with E-state index in [4.69, 9.17) is 0 Å². The van der Waals surface area contributed by atoms with Gasteiger partial charge in [0.05, 0.1) is 0 Å². The average molecular weight is 364 g/mol. The van der Waals surface area contributed by atoms with Gasteiger partial charge in [-0.2, -0.15) is 0 Å². The summed E-state index contributed by atoms with van der Waals surface area (Å²) < 4.78 is 2.18. The molecule has 0 aliphatic heterocycles. The molecule has 2 aromatic rings. The zero-order chi connectivity index (χ0) is 13.1. The first kappa shape index (κ1) is 13.4. The van der Waals surface area contributed by atoms with Crippen molar-refractivity contribution >= 4 is 31.9 Å². The molecule has 0 bridgehead atoms. The average Bonchev–Trinajstić information content (AvgIpc) is 2.30. The lowest BCUT2D eigenvalue weighted by Gasteiger charge is -2.00. The first-order valence-corrected chi connectivity index (χ1v) is 7.19. The van der Waals surface area contributed by atoms with Gasteiger partial charge in [0.2, 0.25) is 0 Å². The molecule has 0 saturated carbocycles. The molecule has 0 amide bonds. The minimum atomic E-state index is 1.07. The van der Waals surface area contributed by atoms with Crippen LogP contribution < -0.4 is 0 Å². The van der Waals surface area contributed by atoms with Crippen LogP contribution in [0.25, 0.3) is 0 Å². The highest BCUT2D eigenvalue weighted by atomic mass is 79.9. The van der Waals surface area contributed by atoms with Crippen LogP contribution in [0.3, 0.4) is 0 Å². The zero-order valence-corrected chi connectivity index (χ0v) is 13.4. The first-order chi connectivity index (χ1) is 8.56. The predicted molar refractivity (Wildman–Crippen MR) is 83.7 cm³/mol. The van der Waals surface area contributed by atoms with E-state index in [0.717, 1.165) is 20.1 Å². The molecule has 0 nitrogen and oxygen atoms in total. The van der Waals surface area contributed by atoms with Gasteiger partial charge in [0.1, 0.15) is 0 Å². The van der Waals surface area contributed by atoms with Crippen LogP contribution in [0.15, 0.2) is 45.3 Å². The maximum absolute atomic E-state index is 3.46. The molecule has 0 saturated heterocycles. The molecule has 2 heteroatoms. The number of halogens is 2. The third-order valence-corrected chi connectivity index (χ3v) is 3.70. The second kappa shape index (κ2) is 5.73. The fourth-order valence-corrected chi connectivity index (χ4v) is 2.62. The van der Waals surface area contributed by atoms with Gasteiger partial charge in [-0.1, -0.05) is 43.7 Å². The fraction of sp³-hybridized carbons (Fsp3) is 0.125. The summed E-state index contributed by atoms with van der Waals surface area (Å²) in [5.74, 6) is 6.46. The van der Waals surface area contributed by atoms with Crippen molar-refractivity contribution < 1.29 is 0 Å². The minimum absolute atomic E-state index is 1.07. The molecule has 0 heterocycles. The van der Waals surface area contributed by atoms with E-state index in [2.05, 4.69) is 69.7 Å². The van der Waals surface area contributed by atoms with Gasteiger partial charge in [-0.3, -0.25) is 0 Å².